The van der Waals surface area contributed by atoms with Gasteiger partial charge in [0.05, 0.1) is 23.3 Å². The lowest BCUT2D eigenvalue weighted by Gasteiger charge is -2.31. The van der Waals surface area contributed by atoms with Crippen LogP contribution in [0.4, 0.5) is 0 Å². The Morgan fingerprint density at radius 1 is 1.33 bits per heavy atom. The molecule has 1 aromatic carbocycles. The quantitative estimate of drug-likeness (QED) is 0.635. The Morgan fingerprint density at radius 3 is 2.89 bits per heavy atom. The van der Waals surface area contributed by atoms with E-state index in [1.807, 2.05) is 36.1 Å². The fourth-order valence-electron chi connectivity index (χ4n) is 3.41. The number of nitrogens with zero attached hydrogens (tertiary/aromatic N) is 3. The summed E-state index contributed by atoms with van der Waals surface area (Å²) in [6, 6.07) is 7.73. The second-order valence-corrected chi connectivity index (χ2v) is 8.12. The van der Waals surface area contributed by atoms with Crippen LogP contribution in [0.1, 0.15) is 51.3 Å². The molecule has 1 aliphatic rings. The molecule has 1 amide bonds. The van der Waals surface area contributed by atoms with Crippen molar-refractivity contribution >= 4 is 28.8 Å². The third kappa shape index (κ3) is 4.06. The Morgan fingerprint density at radius 2 is 2.15 bits per heavy atom. The largest absolute Gasteiger partial charge is 0.445 e. The number of aryl methyl sites for hydroxylation is 1. The third-order valence-corrected chi connectivity index (χ3v) is 6.03. The topological polar surface area (TPSA) is 59.2 Å². The van der Waals surface area contributed by atoms with Gasteiger partial charge in [-0.05, 0) is 37.5 Å². The van der Waals surface area contributed by atoms with Gasteiger partial charge in [-0.15, -0.1) is 11.3 Å². The van der Waals surface area contributed by atoms with Crippen molar-refractivity contribution in [3.8, 4) is 0 Å². The van der Waals surface area contributed by atoms with E-state index in [0.717, 1.165) is 52.2 Å². The molecule has 0 aliphatic carbocycles. The Kier molecular flexibility index (Phi) is 5.27. The van der Waals surface area contributed by atoms with Crippen LogP contribution in [0.3, 0.4) is 0 Å². The zero-order chi connectivity index (χ0) is 18.8. The smallest absolute Gasteiger partial charge is 0.265 e. The lowest BCUT2D eigenvalue weighted by atomic mass is 9.98. The molecule has 3 heterocycles. The molecular weight excluding hydrogens is 382 g/mol. The lowest BCUT2D eigenvalue weighted by Crippen LogP contribution is -2.39. The Hall–Kier alpha value is -2.18. The van der Waals surface area contributed by atoms with Gasteiger partial charge in [-0.25, -0.2) is 9.97 Å². The van der Waals surface area contributed by atoms with Gasteiger partial charge >= 0.3 is 0 Å². The number of oxazole rings is 1. The number of benzene rings is 1. The highest BCUT2D eigenvalue weighted by molar-refractivity contribution is 7.11. The van der Waals surface area contributed by atoms with E-state index in [1.54, 1.807) is 11.7 Å². The zero-order valence-corrected chi connectivity index (χ0v) is 16.6. The first-order valence-electron chi connectivity index (χ1n) is 8.98. The first-order valence-corrected chi connectivity index (χ1v) is 10.2. The molecule has 0 saturated carbocycles. The van der Waals surface area contributed by atoms with Gasteiger partial charge in [-0.1, -0.05) is 23.7 Å². The molecule has 4 rings (SSSR count). The summed E-state index contributed by atoms with van der Waals surface area (Å²) in [5, 5.41) is 0.722. The van der Waals surface area contributed by atoms with Crippen LogP contribution in [0.2, 0.25) is 5.02 Å². The van der Waals surface area contributed by atoms with E-state index in [4.69, 9.17) is 16.0 Å². The number of amides is 1. The summed E-state index contributed by atoms with van der Waals surface area (Å²) in [5.41, 5.74) is 3.65. The minimum absolute atomic E-state index is 0.0626. The van der Waals surface area contributed by atoms with Crippen LogP contribution in [-0.4, -0.2) is 33.9 Å². The van der Waals surface area contributed by atoms with Crippen LogP contribution in [0, 0.1) is 6.92 Å². The molecule has 140 valence electrons. The molecule has 2 aromatic heterocycles. The summed E-state index contributed by atoms with van der Waals surface area (Å²) in [4.78, 5) is 24.1. The molecule has 3 aromatic rings. The first kappa shape index (κ1) is 18.2. The third-order valence-electron chi connectivity index (χ3n) is 4.86. The van der Waals surface area contributed by atoms with Crippen molar-refractivity contribution in [3.05, 3.63) is 68.8 Å². The number of halogens is 1. The minimum Gasteiger partial charge on any atom is -0.445 e. The molecule has 0 N–H and O–H groups in total. The average Bonchev–Trinajstić information content (AvgIpc) is 3.32. The lowest BCUT2D eigenvalue weighted by molar-refractivity contribution is 0.0702. The number of carbonyl (C=O) groups is 1. The molecule has 27 heavy (non-hydrogen) atoms. The summed E-state index contributed by atoms with van der Waals surface area (Å²) in [6.45, 7) is 3.28. The van der Waals surface area contributed by atoms with Crippen molar-refractivity contribution in [1.29, 1.82) is 0 Å². The fourth-order valence-corrected chi connectivity index (χ4v) is 4.31. The van der Waals surface area contributed by atoms with Crippen molar-refractivity contribution < 1.29 is 9.21 Å². The van der Waals surface area contributed by atoms with Crippen LogP contribution in [-0.2, 0) is 6.42 Å². The Labute approximate surface area is 167 Å². The van der Waals surface area contributed by atoms with Crippen molar-refractivity contribution in [2.24, 2.45) is 0 Å². The van der Waals surface area contributed by atoms with Crippen LogP contribution in [0.25, 0.3) is 0 Å². The molecule has 1 fully saturated rings. The van der Waals surface area contributed by atoms with Gasteiger partial charge in [0.15, 0.2) is 5.89 Å². The van der Waals surface area contributed by atoms with E-state index in [-0.39, 0.29) is 11.8 Å². The number of aromatic nitrogens is 2. The molecule has 0 spiro atoms. The molecule has 1 aliphatic heterocycles. The number of likely N-dealkylation sites (tertiary alicyclic amines) is 1. The maximum atomic E-state index is 12.8. The molecule has 5 nitrogen and oxygen atoms in total. The van der Waals surface area contributed by atoms with Crippen LogP contribution in [0.15, 0.2) is 40.4 Å². The summed E-state index contributed by atoms with van der Waals surface area (Å²) >= 11 is 7.34. The fraction of sp³-hybridized carbons (Fsp3) is 0.350. The van der Waals surface area contributed by atoms with E-state index in [0.29, 0.717) is 13.0 Å². The van der Waals surface area contributed by atoms with E-state index in [2.05, 4.69) is 9.97 Å². The van der Waals surface area contributed by atoms with Gasteiger partial charge in [0.1, 0.15) is 10.6 Å². The van der Waals surface area contributed by atoms with Gasteiger partial charge in [0.2, 0.25) is 0 Å². The maximum Gasteiger partial charge on any atom is 0.265 e. The van der Waals surface area contributed by atoms with E-state index >= 15 is 0 Å². The number of thiazole rings is 1. The molecule has 7 heteroatoms. The number of hydrogen-bond acceptors (Lipinski definition) is 5. The van der Waals surface area contributed by atoms with Crippen LogP contribution < -0.4 is 0 Å². The molecule has 1 atom stereocenters. The average molecular weight is 402 g/mol. The van der Waals surface area contributed by atoms with Crippen LogP contribution in [0.5, 0.6) is 0 Å². The molecule has 1 saturated heterocycles. The summed E-state index contributed by atoms with van der Waals surface area (Å²) in [7, 11) is 0. The molecule has 0 unspecified atom stereocenters. The van der Waals surface area contributed by atoms with Gasteiger partial charge < -0.3 is 9.32 Å². The number of hydrogen-bond donors (Lipinski definition) is 0. The van der Waals surface area contributed by atoms with Crippen molar-refractivity contribution in [3.63, 3.8) is 0 Å². The minimum atomic E-state index is 0.0626. The monoisotopic (exact) mass is 401 g/mol. The zero-order valence-electron chi connectivity index (χ0n) is 15.0. The molecule has 0 radical (unpaired) electrons. The normalized spacial score (nSPS) is 17.3. The molecule has 0 bridgehead atoms. The van der Waals surface area contributed by atoms with E-state index < -0.39 is 0 Å². The van der Waals surface area contributed by atoms with Gasteiger partial charge in [-0.2, -0.15) is 0 Å². The predicted molar refractivity (Wildman–Crippen MR) is 105 cm³/mol. The van der Waals surface area contributed by atoms with Crippen molar-refractivity contribution in [1.82, 2.24) is 14.9 Å². The predicted octanol–water partition coefficient (Wildman–Crippen LogP) is 4.70. The maximum absolute atomic E-state index is 12.8. The van der Waals surface area contributed by atoms with Gasteiger partial charge in [0, 0.05) is 24.5 Å². The Balaban J connectivity index is 1.44. The second kappa shape index (κ2) is 7.82. The van der Waals surface area contributed by atoms with Crippen LogP contribution >= 0.6 is 22.9 Å². The van der Waals surface area contributed by atoms with Gasteiger partial charge in [0.25, 0.3) is 5.91 Å². The highest BCUT2D eigenvalue weighted by Gasteiger charge is 2.29. The summed E-state index contributed by atoms with van der Waals surface area (Å²) < 4.78 is 6.01. The first-order chi connectivity index (χ1) is 13.1. The number of piperidine rings is 1. The second-order valence-electron chi connectivity index (χ2n) is 6.83. The van der Waals surface area contributed by atoms with E-state index in [9.17, 15) is 4.79 Å². The van der Waals surface area contributed by atoms with Crippen molar-refractivity contribution in [2.75, 3.05) is 13.1 Å². The highest BCUT2D eigenvalue weighted by atomic mass is 35.5. The number of carbonyl (C=O) groups excluding carboxylic acids is 1. The number of rotatable bonds is 4. The summed E-state index contributed by atoms with van der Waals surface area (Å²) in [6.07, 6.45) is 4.40. The highest BCUT2D eigenvalue weighted by Crippen LogP contribution is 2.29. The Bertz CT molecular complexity index is 935. The summed E-state index contributed by atoms with van der Waals surface area (Å²) in [5.74, 6) is 1.74. The molecular formula is C20H20ClN3O2S. The standard InChI is InChI=1S/C20H20ClN3O2S/c1-13-18(27-12-23-13)20(25)24-8-2-3-15(11-24)19-22-10-17(26-19)9-14-4-6-16(21)7-5-14/h4-7,10,12,15H,2-3,8-9,11H2,1H3/t15-/m1/s1. The SMILES string of the molecule is Cc1ncsc1C(=O)N1CCC[C@@H](c2ncc(Cc3ccc(Cl)cc3)o2)C1. The van der Waals surface area contributed by atoms with Crippen molar-refractivity contribution in [2.45, 2.75) is 32.1 Å². The van der Waals surface area contributed by atoms with E-state index in [1.165, 1.54) is 11.3 Å². The van der Waals surface area contributed by atoms with Gasteiger partial charge in [-0.3, -0.25) is 4.79 Å².